The molecule has 4 heterocycles. The van der Waals surface area contributed by atoms with E-state index in [4.69, 9.17) is 9.15 Å². The molecule has 134 valence electrons. The highest BCUT2D eigenvalue weighted by molar-refractivity contribution is 7.12. The van der Waals surface area contributed by atoms with Gasteiger partial charge in [0.25, 0.3) is 5.91 Å². The maximum absolute atomic E-state index is 12.8. The van der Waals surface area contributed by atoms with Crippen LogP contribution in [-0.2, 0) is 4.74 Å². The molecule has 0 aliphatic carbocycles. The van der Waals surface area contributed by atoms with E-state index in [0.717, 1.165) is 37.4 Å². The molecule has 25 heavy (non-hydrogen) atoms. The van der Waals surface area contributed by atoms with E-state index in [1.807, 2.05) is 22.4 Å². The Bertz CT molecular complexity index is 732. The molecule has 2 fully saturated rings. The van der Waals surface area contributed by atoms with Gasteiger partial charge in [0.1, 0.15) is 0 Å². The molecule has 0 aromatic carbocycles. The van der Waals surface area contributed by atoms with Crippen LogP contribution >= 0.6 is 11.3 Å². The summed E-state index contributed by atoms with van der Waals surface area (Å²) >= 11 is 1.50. The Kier molecular flexibility index (Phi) is 4.47. The third kappa shape index (κ3) is 3.41. The fourth-order valence-corrected chi connectivity index (χ4v) is 4.45. The summed E-state index contributed by atoms with van der Waals surface area (Å²) in [5.41, 5.74) is -0.0932. The lowest BCUT2D eigenvalue weighted by atomic mass is 9.80. The fraction of sp³-hybridized carbons (Fsp3) is 0.588. The Balaban J connectivity index is 1.53. The van der Waals surface area contributed by atoms with Crippen molar-refractivity contribution >= 4 is 23.3 Å². The number of carbonyl (C=O) groups excluding carboxylic acids is 1. The average Bonchev–Trinajstić information content (AvgIpc) is 3.25. The van der Waals surface area contributed by atoms with Crippen LogP contribution in [0.25, 0.3) is 0 Å². The number of likely N-dealkylation sites (tertiary alicyclic amines) is 1. The molecule has 0 N–H and O–H groups in total. The van der Waals surface area contributed by atoms with Crippen LogP contribution < -0.4 is 4.90 Å². The zero-order chi connectivity index (χ0) is 17.3. The Morgan fingerprint density at radius 1 is 1.32 bits per heavy atom. The van der Waals surface area contributed by atoms with Gasteiger partial charge in [0.15, 0.2) is 0 Å². The number of amides is 1. The Morgan fingerprint density at radius 2 is 2.24 bits per heavy atom. The number of ether oxygens (including phenoxy) is 1. The number of hydrogen-bond acceptors (Lipinski definition) is 7. The van der Waals surface area contributed by atoms with E-state index in [1.54, 1.807) is 6.92 Å². The second-order valence-corrected chi connectivity index (χ2v) is 7.83. The van der Waals surface area contributed by atoms with Gasteiger partial charge in [-0.2, -0.15) is 0 Å². The number of nitrogens with zero attached hydrogens (tertiary/aromatic N) is 4. The standard InChI is InChI=1S/C17H22N4O3S/c1-13-18-19-16(24-13)21-7-8-23-12-17(11-21)5-3-6-20(10-17)15(22)14-4-2-9-25-14/h2,4,9H,3,5-8,10-12H2,1H3. The number of anilines is 1. The maximum Gasteiger partial charge on any atom is 0.318 e. The van der Waals surface area contributed by atoms with E-state index in [0.29, 0.717) is 31.7 Å². The summed E-state index contributed by atoms with van der Waals surface area (Å²) in [6.45, 7) is 6.08. The van der Waals surface area contributed by atoms with E-state index in [2.05, 4.69) is 15.1 Å². The predicted molar refractivity (Wildman–Crippen MR) is 94.0 cm³/mol. The van der Waals surface area contributed by atoms with Gasteiger partial charge in [-0.25, -0.2) is 0 Å². The van der Waals surface area contributed by atoms with Gasteiger partial charge in [0.05, 0.1) is 18.1 Å². The van der Waals surface area contributed by atoms with Crippen LogP contribution in [0.15, 0.2) is 21.9 Å². The smallest absolute Gasteiger partial charge is 0.318 e. The fourth-order valence-electron chi connectivity index (χ4n) is 3.75. The van der Waals surface area contributed by atoms with Gasteiger partial charge in [0.2, 0.25) is 5.89 Å². The molecule has 1 atom stereocenters. The van der Waals surface area contributed by atoms with Crippen LogP contribution in [0.3, 0.4) is 0 Å². The predicted octanol–water partition coefficient (Wildman–Crippen LogP) is 2.20. The van der Waals surface area contributed by atoms with Gasteiger partial charge in [-0.3, -0.25) is 4.79 Å². The molecule has 2 aromatic heterocycles. The van der Waals surface area contributed by atoms with Crippen molar-refractivity contribution in [2.24, 2.45) is 5.41 Å². The zero-order valence-electron chi connectivity index (χ0n) is 14.3. The molecule has 8 heteroatoms. The van der Waals surface area contributed by atoms with Gasteiger partial charge >= 0.3 is 6.01 Å². The summed E-state index contributed by atoms with van der Waals surface area (Å²) in [6, 6.07) is 4.36. The molecular formula is C17H22N4O3S. The van der Waals surface area contributed by atoms with E-state index in [-0.39, 0.29) is 11.3 Å². The largest absolute Gasteiger partial charge is 0.408 e. The van der Waals surface area contributed by atoms with Crippen molar-refractivity contribution in [2.75, 3.05) is 44.3 Å². The Morgan fingerprint density at radius 3 is 3.00 bits per heavy atom. The first kappa shape index (κ1) is 16.5. The van der Waals surface area contributed by atoms with Gasteiger partial charge in [-0.05, 0) is 24.3 Å². The molecule has 0 bridgehead atoms. The quantitative estimate of drug-likeness (QED) is 0.816. The number of hydrogen-bond donors (Lipinski definition) is 0. The maximum atomic E-state index is 12.8. The van der Waals surface area contributed by atoms with Crippen LogP contribution in [0.4, 0.5) is 6.01 Å². The van der Waals surface area contributed by atoms with Crippen LogP contribution in [-0.4, -0.2) is 60.4 Å². The molecule has 2 saturated heterocycles. The first-order chi connectivity index (χ1) is 12.2. The molecular weight excluding hydrogens is 340 g/mol. The summed E-state index contributed by atoms with van der Waals surface area (Å²) in [5.74, 6) is 0.686. The van der Waals surface area contributed by atoms with Crippen molar-refractivity contribution in [3.63, 3.8) is 0 Å². The summed E-state index contributed by atoms with van der Waals surface area (Å²) in [5, 5.41) is 10.0. The van der Waals surface area contributed by atoms with Crippen molar-refractivity contribution in [1.82, 2.24) is 15.1 Å². The van der Waals surface area contributed by atoms with Crippen LogP contribution in [0.2, 0.25) is 0 Å². The first-order valence-corrected chi connectivity index (χ1v) is 9.49. The third-order valence-corrected chi connectivity index (χ3v) is 5.76. The number of aryl methyl sites for hydroxylation is 1. The second kappa shape index (κ2) is 6.76. The molecule has 2 aliphatic rings. The SMILES string of the molecule is Cc1nnc(N2CCOCC3(CCCN(C(=O)c4cccs4)C3)C2)o1. The lowest BCUT2D eigenvalue weighted by Gasteiger charge is -2.43. The first-order valence-electron chi connectivity index (χ1n) is 8.61. The van der Waals surface area contributed by atoms with Crippen LogP contribution in [0.1, 0.15) is 28.4 Å². The van der Waals surface area contributed by atoms with E-state index in [1.165, 1.54) is 11.3 Å². The summed E-state index contributed by atoms with van der Waals surface area (Å²) in [7, 11) is 0. The highest BCUT2D eigenvalue weighted by Gasteiger charge is 2.41. The van der Waals surface area contributed by atoms with Crippen molar-refractivity contribution in [3.05, 3.63) is 28.3 Å². The molecule has 0 saturated carbocycles. The molecule has 2 aromatic rings. The minimum atomic E-state index is -0.0932. The molecule has 7 nitrogen and oxygen atoms in total. The Hall–Kier alpha value is -1.93. The van der Waals surface area contributed by atoms with Crippen LogP contribution in [0.5, 0.6) is 0 Å². The molecule has 1 spiro atoms. The van der Waals surface area contributed by atoms with E-state index in [9.17, 15) is 4.79 Å². The van der Waals surface area contributed by atoms with Gasteiger partial charge in [-0.1, -0.05) is 11.2 Å². The number of rotatable bonds is 2. The molecule has 1 unspecified atom stereocenters. The monoisotopic (exact) mass is 362 g/mol. The van der Waals surface area contributed by atoms with Gasteiger partial charge in [0, 0.05) is 38.5 Å². The highest BCUT2D eigenvalue weighted by Crippen LogP contribution is 2.35. The molecule has 4 rings (SSSR count). The summed E-state index contributed by atoms with van der Waals surface area (Å²) in [4.78, 5) is 17.6. The summed E-state index contributed by atoms with van der Waals surface area (Å²) < 4.78 is 11.5. The topological polar surface area (TPSA) is 71.7 Å². The Labute approximate surface area is 150 Å². The van der Waals surface area contributed by atoms with Crippen LogP contribution in [0, 0.1) is 12.3 Å². The normalized spacial score (nSPS) is 24.5. The average molecular weight is 362 g/mol. The number of carbonyl (C=O) groups is 1. The van der Waals surface area contributed by atoms with E-state index < -0.39 is 0 Å². The number of thiophene rings is 1. The van der Waals surface area contributed by atoms with E-state index >= 15 is 0 Å². The van der Waals surface area contributed by atoms with Crippen molar-refractivity contribution in [3.8, 4) is 0 Å². The van der Waals surface area contributed by atoms with Gasteiger partial charge in [-0.15, -0.1) is 16.4 Å². The zero-order valence-corrected chi connectivity index (χ0v) is 15.1. The van der Waals surface area contributed by atoms with Crippen molar-refractivity contribution in [1.29, 1.82) is 0 Å². The lowest BCUT2D eigenvalue weighted by molar-refractivity contribution is 0.0136. The highest BCUT2D eigenvalue weighted by atomic mass is 32.1. The third-order valence-electron chi connectivity index (χ3n) is 4.91. The molecule has 2 aliphatic heterocycles. The number of aromatic nitrogens is 2. The summed E-state index contributed by atoms with van der Waals surface area (Å²) in [6.07, 6.45) is 2.02. The molecule has 1 amide bonds. The second-order valence-electron chi connectivity index (χ2n) is 6.89. The lowest BCUT2D eigenvalue weighted by Crippen LogP contribution is -2.52. The minimum absolute atomic E-state index is 0.0932. The molecule has 0 radical (unpaired) electrons. The van der Waals surface area contributed by atoms with Crippen molar-refractivity contribution < 1.29 is 13.9 Å². The van der Waals surface area contributed by atoms with Crippen molar-refractivity contribution in [2.45, 2.75) is 19.8 Å². The minimum Gasteiger partial charge on any atom is -0.408 e. The number of piperidine rings is 1. The van der Waals surface area contributed by atoms with Gasteiger partial charge < -0.3 is 19.0 Å².